The van der Waals surface area contributed by atoms with Gasteiger partial charge in [-0.25, -0.2) is 0 Å². The fourth-order valence-corrected chi connectivity index (χ4v) is 5.61. The third kappa shape index (κ3) is 4.32. The molecular weight excluding hydrogens is 430 g/mol. The summed E-state index contributed by atoms with van der Waals surface area (Å²) in [7, 11) is 0. The van der Waals surface area contributed by atoms with Crippen LogP contribution in [-0.4, -0.2) is 79.7 Å². The largest absolute Gasteiger partial charge is 0.474 e. The van der Waals surface area contributed by atoms with Crippen LogP contribution in [0.15, 0.2) is 47.0 Å². The molecule has 3 aromatic rings. The molecular formula is C26H33N5O3. The number of anilines is 2. The summed E-state index contributed by atoms with van der Waals surface area (Å²) < 4.78 is 17.4. The molecule has 3 aliphatic rings. The lowest BCUT2D eigenvalue weighted by Crippen LogP contribution is -2.57. The van der Waals surface area contributed by atoms with Gasteiger partial charge in [0.25, 0.3) is 0 Å². The molecule has 3 atom stereocenters. The Morgan fingerprint density at radius 2 is 1.82 bits per heavy atom. The fraction of sp³-hybridized carbons (Fsp3) is 0.538. The van der Waals surface area contributed by atoms with E-state index >= 15 is 0 Å². The lowest BCUT2D eigenvalue weighted by atomic mass is 9.88. The first-order chi connectivity index (χ1) is 16.7. The van der Waals surface area contributed by atoms with Crippen LogP contribution in [0.5, 0.6) is 5.88 Å². The van der Waals surface area contributed by atoms with Crippen LogP contribution in [0.4, 0.5) is 11.6 Å². The van der Waals surface area contributed by atoms with Gasteiger partial charge in [-0.2, -0.15) is 4.98 Å². The summed E-state index contributed by atoms with van der Waals surface area (Å²) >= 11 is 0. The number of hydrogen-bond donors (Lipinski definition) is 0. The Balaban J connectivity index is 1.07. The van der Waals surface area contributed by atoms with Crippen molar-refractivity contribution in [3.8, 4) is 5.88 Å². The van der Waals surface area contributed by atoms with Crippen molar-refractivity contribution in [2.45, 2.75) is 31.9 Å². The number of nitrogens with zero attached hydrogens (tertiary/aromatic N) is 5. The normalized spacial score (nSPS) is 24.7. The quantitative estimate of drug-likeness (QED) is 0.570. The molecule has 1 unspecified atom stereocenters. The van der Waals surface area contributed by atoms with Gasteiger partial charge in [0.2, 0.25) is 5.88 Å². The van der Waals surface area contributed by atoms with E-state index in [1.54, 1.807) is 0 Å². The van der Waals surface area contributed by atoms with E-state index in [1.807, 2.05) is 24.3 Å². The van der Waals surface area contributed by atoms with E-state index < -0.39 is 0 Å². The molecule has 8 nitrogen and oxygen atoms in total. The van der Waals surface area contributed by atoms with Crippen LogP contribution in [0.1, 0.15) is 19.8 Å². The molecule has 3 saturated heterocycles. The SMILES string of the molecule is CC(Oc1cccc(N2CCOCC2)n1)[C@H]1CC[C@H]2CN(c3noc4ccccc34)CCN2C1. The van der Waals surface area contributed by atoms with Crippen molar-refractivity contribution in [1.29, 1.82) is 0 Å². The molecule has 6 rings (SSSR count). The van der Waals surface area contributed by atoms with Crippen molar-refractivity contribution >= 4 is 22.6 Å². The number of piperidine rings is 1. The molecule has 34 heavy (non-hydrogen) atoms. The lowest BCUT2D eigenvalue weighted by Gasteiger charge is -2.47. The van der Waals surface area contributed by atoms with E-state index in [9.17, 15) is 0 Å². The van der Waals surface area contributed by atoms with Crippen LogP contribution < -0.4 is 14.5 Å². The van der Waals surface area contributed by atoms with Gasteiger partial charge >= 0.3 is 0 Å². The third-order valence-electron chi connectivity index (χ3n) is 7.62. The van der Waals surface area contributed by atoms with Crippen molar-refractivity contribution in [1.82, 2.24) is 15.0 Å². The number of para-hydroxylation sites is 1. The molecule has 0 aliphatic carbocycles. The molecule has 180 valence electrons. The number of morpholine rings is 1. The molecule has 3 aliphatic heterocycles. The molecule has 0 N–H and O–H groups in total. The van der Waals surface area contributed by atoms with Crippen LogP contribution in [0.3, 0.4) is 0 Å². The van der Waals surface area contributed by atoms with Crippen LogP contribution in [0, 0.1) is 5.92 Å². The molecule has 0 amide bonds. The Morgan fingerprint density at radius 3 is 2.74 bits per heavy atom. The molecule has 5 heterocycles. The molecule has 1 aromatic carbocycles. The highest BCUT2D eigenvalue weighted by Gasteiger charge is 2.36. The number of benzene rings is 1. The van der Waals surface area contributed by atoms with Crippen LogP contribution in [0.25, 0.3) is 11.0 Å². The average Bonchev–Trinajstić information content (AvgIpc) is 3.33. The number of pyridine rings is 1. The maximum atomic E-state index is 6.36. The van der Waals surface area contributed by atoms with Crippen LogP contribution in [-0.2, 0) is 4.74 Å². The Bertz CT molecular complexity index is 1110. The zero-order chi connectivity index (χ0) is 22.9. The number of fused-ring (bicyclic) bond motifs is 2. The highest BCUT2D eigenvalue weighted by atomic mass is 16.5. The molecule has 8 heteroatoms. The summed E-state index contributed by atoms with van der Waals surface area (Å²) in [6.45, 7) is 9.56. The van der Waals surface area contributed by atoms with E-state index in [-0.39, 0.29) is 6.10 Å². The van der Waals surface area contributed by atoms with E-state index in [4.69, 9.17) is 19.0 Å². The van der Waals surface area contributed by atoms with Crippen molar-refractivity contribution in [3.63, 3.8) is 0 Å². The lowest BCUT2D eigenvalue weighted by molar-refractivity contribution is 0.0384. The van der Waals surface area contributed by atoms with Gasteiger partial charge in [0.1, 0.15) is 11.9 Å². The number of rotatable bonds is 5. The minimum Gasteiger partial charge on any atom is -0.474 e. The Kier molecular flexibility index (Phi) is 6.01. The summed E-state index contributed by atoms with van der Waals surface area (Å²) in [6, 6.07) is 14.8. The Hall–Kier alpha value is -2.84. The zero-order valence-corrected chi connectivity index (χ0v) is 19.8. The van der Waals surface area contributed by atoms with Gasteiger partial charge in [-0.3, -0.25) is 4.90 Å². The minimum atomic E-state index is 0.130. The second-order valence-corrected chi connectivity index (χ2v) is 9.69. The molecule has 0 bridgehead atoms. The van der Waals surface area contributed by atoms with Crippen LogP contribution in [0.2, 0.25) is 0 Å². The van der Waals surface area contributed by atoms with E-state index in [1.165, 1.54) is 12.8 Å². The summed E-state index contributed by atoms with van der Waals surface area (Å²) in [5.41, 5.74) is 0.862. The standard InChI is InChI=1S/C26H33N5O3/c1-19(33-25-8-4-7-24(27-25)29-13-15-32-16-14-29)20-9-10-21-18-31(12-11-30(21)17-20)26-22-5-2-3-6-23(22)34-28-26/h2-8,19-21H,9-18H2,1H3/t19?,20-,21-/m0/s1. The monoisotopic (exact) mass is 463 g/mol. The van der Waals surface area contributed by atoms with Gasteiger partial charge in [0.05, 0.1) is 18.6 Å². The van der Waals surface area contributed by atoms with Crippen molar-refractivity contribution < 1.29 is 14.0 Å². The van der Waals surface area contributed by atoms with E-state index in [0.29, 0.717) is 12.0 Å². The van der Waals surface area contributed by atoms with E-state index in [2.05, 4.69) is 45.0 Å². The van der Waals surface area contributed by atoms with Gasteiger partial charge in [0.15, 0.2) is 11.4 Å². The molecule has 0 spiro atoms. The summed E-state index contributed by atoms with van der Waals surface area (Å²) in [5, 5.41) is 5.49. The Labute approximate surface area is 200 Å². The number of ether oxygens (including phenoxy) is 2. The van der Waals surface area contributed by atoms with Gasteiger partial charge in [-0.15, -0.1) is 0 Å². The number of hydrogen-bond acceptors (Lipinski definition) is 8. The minimum absolute atomic E-state index is 0.130. The number of aromatic nitrogens is 2. The van der Waals surface area contributed by atoms with E-state index in [0.717, 1.165) is 81.0 Å². The first-order valence-electron chi connectivity index (χ1n) is 12.5. The summed E-state index contributed by atoms with van der Waals surface area (Å²) in [4.78, 5) is 12.1. The second kappa shape index (κ2) is 9.43. The third-order valence-corrected chi connectivity index (χ3v) is 7.62. The van der Waals surface area contributed by atoms with Gasteiger partial charge in [-0.05, 0) is 38.0 Å². The molecule has 0 radical (unpaired) electrons. The first kappa shape index (κ1) is 21.7. The van der Waals surface area contributed by atoms with Gasteiger partial charge < -0.3 is 23.8 Å². The maximum Gasteiger partial charge on any atom is 0.215 e. The number of piperazine rings is 1. The summed E-state index contributed by atoms with van der Waals surface area (Å²) in [5.74, 6) is 3.19. The van der Waals surface area contributed by atoms with Crippen molar-refractivity contribution in [2.24, 2.45) is 5.92 Å². The van der Waals surface area contributed by atoms with Crippen molar-refractivity contribution in [2.75, 3.05) is 62.3 Å². The second-order valence-electron chi connectivity index (χ2n) is 9.69. The van der Waals surface area contributed by atoms with Gasteiger partial charge in [0, 0.05) is 57.3 Å². The first-order valence-corrected chi connectivity index (χ1v) is 12.5. The zero-order valence-electron chi connectivity index (χ0n) is 19.8. The predicted molar refractivity (Wildman–Crippen MR) is 132 cm³/mol. The topological polar surface area (TPSA) is 67.1 Å². The smallest absolute Gasteiger partial charge is 0.215 e. The Morgan fingerprint density at radius 1 is 0.941 bits per heavy atom. The predicted octanol–water partition coefficient (Wildman–Crippen LogP) is 3.43. The summed E-state index contributed by atoms with van der Waals surface area (Å²) in [6.07, 6.45) is 2.47. The van der Waals surface area contributed by atoms with Gasteiger partial charge in [-0.1, -0.05) is 23.4 Å². The average molecular weight is 464 g/mol. The fourth-order valence-electron chi connectivity index (χ4n) is 5.61. The molecule has 2 aromatic heterocycles. The highest BCUT2D eigenvalue weighted by Crippen LogP contribution is 2.32. The maximum absolute atomic E-state index is 6.36. The van der Waals surface area contributed by atoms with Crippen molar-refractivity contribution in [3.05, 3.63) is 42.5 Å². The van der Waals surface area contributed by atoms with Crippen LogP contribution >= 0.6 is 0 Å². The molecule has 3 fully saturated rings. The highest BCUT2D eigenvalue weighted by molar-refractivity contribution is 5.88. The molecule has 0 saturated carbocycles.